The fourth-order valence-electron chi connectivity index (χ4n) is 4.04. The second-order valence-electron chi connectivity index (χ2n) is 7.87. The molecule has 31 heavy (non-hydrogen) atoms. The normalized spacial score (nSPS) is 22.1. The Morgan fingerprint density at radius 3 is 2.32 bits per heavy atom. The number of fused-ring (bicyclic) bond motifs is 3. The average Bonchev–Trinajstić information content (AvgIpc) is 2.98. The lowest BCUT2D eigenvalue weighted by molar-refractivity contribution is -0.124. The maximum Gasteiger partial charge on any atom is 0.241 e. The van der Waals surface area contributed by atoms with Crippen LogP contribution in [0.15, 0.2) is 23.1 Å². The number of carbonyl (C=O) groups excluding carboxylic acids is 4. The van der Waals surface area contributed by atoms with Crippen LogP contribution in [-0.4, -0.2) is 46.6 Å². The minimum atomic E-state index is -1.59. The van der Waals surface area contributed by atoms with Gasteiger partial charge < -0.3 is 25.6 Å². The van der Waals surface area contributed by atoms with Crippen LogP contribution in [0.1, 0.15) is 49.2 Å². The van der Waals surface area contributed by atoms with Crippen molar-refractivity contribution < 1.29 is 34.1 Å². The third-order valence-electron chi connectivity index (χ3n) is 5.83. The molecule has 4 N–H and O–H groups in total. The van der Waals surface area contributed by atoms with E-state index < -0.39 is 40.3 Å². The van der Waals surface area contributed by atoms with Gasteiger partial charge in [-0.05, 0) is 34.6 Å². The van der Waals surface area contributed by atoms with Gasteiger partial charge >= 0.3 is 0 Å². The molecule has 0 bridgehead atoms. The summed E-state index contributed by atoms with van der Waals surface area (Å²) in [5, 5.41) is 26.5. The fraction of sp³-hybridized carbons (Fsp3) is 0.364. The Bertz CT molecular complexity index is 1130. The van der Waals surface area contributed by atoms with Gasteiger partial charge in [0.2, 0.25) is 5.91 Å². The molecule has 0 radical (unpaired) electrons. The van der Waals surface area contributed by atoms with Crippen molar-refractivity contribution in [3.8, 4) is 17.2 Å². The number of phenolic OH excluding ortho intramolecular Hbond substituents is 2. The Morgan fingerprint density at radius 2 is 1.77 bits per heavy atom. The number of rotatable bonds is 4. The number of benzene rings is 1. The quantitative estimate of drug-likeness (QED) is 0.319. The van der Waals surface area contributed by atoms with E-state index in [0.717, 1.165) is 6.08 Å². The number of hydrogen-bond donors (Lipinski definition) is 4. The molecule has 2 atom stereocenters. The zero-order valence-corrected chi connectivity index (χ0v) is 18.1. The number of carbonyl (C=O) groups is 4. The molecule has 0 fully saturated rings. The molecular weight excluding hydrogens is 404 g/mol. The number of phenols is 2. The summed E-state index contributed by atoms with van der Waals surface area (Å²) in [6.45, 7) is 7.20. The van der Waals surface area contributed by atoms with Gasteiger partial charge in [-0.1, -0.05) is 0 Å². The van der Waals surface area contributed by atoms with Gasteiger partial charge in [0, 0.05) is 24.4 Å². The lowest BCUT2D eigenvalue weighted by atomic mass is 9.70. The molecule has 9 nitrogen and oxygen atoms in total. The summed E-state index contributed by atoms with van der Waals surface area (Å²) < 4.78 is 5.70. The molecule has 1 heterocycles. The zero-order chi connectivity index (χ0) is 23.4. The second-order valence-corrected chi connectivity index (χ2v) is 7.87. The summed E-state index contributed by atoms with van der Waals surface area (Å²) in [5.74, 6) is -3.17. The summed E-state index contributed by atoms with van der Waals surface area (Å²) in [6, 6.07) is -0.708. The number of hydrogen-bond acceptors (Lipinski definition) is 8. The third kappa shape index (κ3) is 2.99. The predicted octanol–water partition coefficient (Wildman–Crippen LogP) is 1.29. The molecule has 0 saturated heterocycles. The van der Waals surface area contributed by atoms with Gasteiger partial charge in [-0.15, -0.1) is 0 Å². The summed E-state index contributed by atoms with van der Waals surface area (Å²) in [5.41, 5.74) is -1.72. The Labute approximate surface area is 178 Å². The number of aromatic hydroxyl groups is 2. The number of allylic oxidation sites excluding steroid dienone is 4. The van der Waals surface area contributed by atoms with Gasteiger partial charge in [-0.25, -0.2) is 0 Å². The largest absolute Gasteiger partial charge is 0.507 e. The van der Waals surface area contributed by atoms with Crippen molar-refractivity contribution in [3.63, 3.8) is 0 Å². The van der Waals surface area contributed by atoms with Crippen LogP contribution in [-0.2, 0) is 19.8 Å². The van der Waals surface area contributed by atoms with Crippen LogP contribution in [0.4, 0.5) is 0 Å². The molecule has 2 aliphatic rings. The van der Waals surface area contributed by atoms with Crippen LogP contribution >= 0.6 is 0 Å². The van der Waals surface area contributed by atoms with Crippen LogP contribution < -0.4 is 15.4 Å². The van der Waals surface area contributed by atoms with Crippen LogP contribution in [0.25, 0.3) is 0 Å². The number of ether oxygens (including phenoxy) is 1. The maximum atomic E-state index is 13.6. The van der Waals surface area contributed by atoms with Gasteiger partial charge in [0.05, 0.1) is 11.1 Å². The number of amides is 1. The average molecular weight is 428 g/mol. The highest BCUT2D eigenvalue weighted by Gasteiger charge is 2.56. The molecular formula is C22H24N2O7. The molecule has 1 aromatic rings. The Hall–Kier alpha value is -3.62. The van der Waals surface area contributed by atoms with Crippen LogP contribution in [0.2, 0.25) is 0 Å². The molecule has 164 valence electrons. The van der Waals surface area contributed by atoms with Crippen molar-refractivity contribution >= 4 is 23.3 Å². The van der Waals surface area contributed by atoms with Crippen molar-refractivity contribution in [2.75, 3.05) is 7.05 Å². The Morgan fingerprint density at radius 1 is 1.16 bits per heavy atom. The number of nitrogens with one attached hydrogen (secondary N) is 2. The molecule has 1 aliphatic heterocycles. The van der Waals surface area contributed by atoms with Crippen molar-refractivity contribution in [3.05, 3.63) is 39.8 Å². The summed E-state index contributed by atoms with van der Waals surface area (Å²) in [7, 11) is 1.47. The lowest BCUT2D eigenvalue weighted by Gasteiger charge is -2.29. The highest BCUT2D eigenvalue weighted by Crippen LogP contribution is 2.57. The van der Waals surface area contributed by atoms with Crippen molar-refractivity contribution in [2.24, 2.45) is 0 Å². The Kier molecular flexibility index (Phi) is 5.17. The standard InChI is InChI=1S/C22H24N2O7/c1-8-17(27)15(11(4)25)19-16(18(8)28)22(5)13(31-19)7-12(26)14(20(22)29)9(2)24-10(3)21(30)23-6/h7,10,24,27-28H,1-6H3,(H,23,30)/b14-9+/t10-,22-/m1/s1. The monoisotopic (exact) mass is 428 g/mol. The van der Waals surface area contributed by atoms with Crippen LogP contribution in [0.3, 0.4) is 0 Å². The molecule has 0 unspecified atom stereocenters. The van der Waals surface area contributed by atoms with Crippen molar-refractivity contribution in [1.29, 1.82) is 0 Å². The first-order valence-corrected chi connectivity index (χ1v) is 9.65. The lowest BCUT2D eigenvalue weighted by Crippen LogP contribution is -2.44. The van der Waals surface area contributed by atoms with Crippen molar-refractivity contribution in [2.45, 2.75) is 46.1 Å². The van der Waals surface area contributed by atoms with Gasteiger partial charge in [0.15, 0.2) is 17.3 Å². The minimum Gasteiger partial charge on any atom is -0.507 e. The molecule has 1 aromatic carbocycles. The number of Topliss-reactive ketones (excluding diaryl/α,β-unsaturated/α-hetero) is 2. The third-order valence-corrected chi connectivity index (χ3v) is 5.83. The van der Waals surface area contributed by atoms with E-state index in [1.165, 1.54) is 34.7 Å². The summed E-state index contributed by atoms with van der Waals surface area (Å²) in [4.78, 5) is 50.4. The summed E-state index contributed by atoms with van der Waals surface area (Å²) in [6.07, 6.45) is 1.13. The molecule has 3 rings (SSSR count). The maximum absolute atomic E-state index is 13.6. The summed E-state index contributed by atoms with van der Waals surface area (Å²) >= 11 is 0. The topological polar surface area (TPSA) is 142 Å². The van der Waals surface area contributed by atoms with Gasteiger partial charge in [-0.2, -0.15) is 0 Å². The van der Waals surface area contributed by atoms with Crippen LogP contribution in [0, 0.1) is 6.92 Å². The fourth-order valence-corrected chi connectivity index (χ4v) is 4.04. The molecule has 0 aromatic heterocycles. The van der Waals surface area contributed by atoms with E-state index in [0.29, 0.717) is 0 Å². The van der Waals surface area contributed by atoms with E-state index in [1.54, 1.807) is 6.92 Å². The highest BCUT2D eigenvalue weighted by molar-refractivity contribution is 6.31. The molecule has 1 aliphatic carbocycles. The number of ketones is 3. The Balaban J connectivity index is 2.25. The van der Waals surface area contributed by atoms with E-state index in [1.807, 2.05) is 0 Å². The predicted molar refractivity (Wildman–Crippen MR) is 110 cm³/mol. The first kappa shape index (κ1) is 22.1. The SMILES string of the molecule is CNC(=O)[C@@H](C)N/C(C)=C1\C(=O)C=C2Oc3c(C(C)=O)c(O)c(C)c(O)c3[C@]2(C)C1=O. The molecule has 0 saturated carbocycles. The first-order chi connectivity index (χ1) is 14.4. The second kappa shape index (κ2) is 7.26. The van der Waals surface area contributed by atoms with Gasteiger partial charge in [0.1, 0.15) is 40.0 Å². The van der Waals surface area contributed by atoms with E-state index in [4.69, 9.17) is 4.74 Å². The van der Waals surface area contributed by atoms with E-state index in [9.17, 15) is 29.4 Å². The van der Waals surface area contributed by atoms with Crippen molar-refractivity contribution in [1.82, 2.24) is 10.6 Å². The van der Waals surface area contributed by atoms with E-state index in [2.05, 4.69) is 10.6 Å². The zero-order valence-electron chi connectivity index (χ0n) is 18.1. The van der Waals surface area contributed by atoms with Crippen LogP contribution in [0.5, 0.6) is 17.2 Å². The molecule has 0 spiro atoms. The van der Waals surface area contributed by atoms with E-state index in [-0.39, 0.29) is 45.4 Å². The molecule has 1 amide bonds. The number of likely N-dealkylation sites (N-methyl/N-ethyl adjacent to an activating group) is 1. The van der Waals surface area contributed by atoms with E-state index >= 15 is 0 Å². The molecule has 9 heteroatoms. The minimum absolute atomic E-state index is 0.0152. The highest BCUT2D eigenvalue weighted by atomic mass is 16.5. The van der Waals surface area contributed by atoms with Gasteiger partial charge in [0.25, 0.3) is 0 Å². The van der Waals surface area contributed by atoms with Gasteiger partial charge in [-0.3, -0.25) is 19.2 Å². The smallest absolute Gasteiger partial charge is 0.241 e. The first-order valence-electron chi connectivity index (χ1n) is 9.65.